The highest BCUT2D eigenvalue weighted by molar-refractivity contribution is 7.21. The highest BCUT2D eigenvalue weighted by atomic mass is 32.1. The van der Waals surface area contributed by atoms with Gasteiger partial charge in [0.15, 0.2) is 0 Å². The number of amides is 1. The molecule has 1 aliphatic carbocycles. The number of hydrogen-bond acceptors (Lipinski definition) is 7. The molecule has 2 aliphatic rings. The Balaban J connectivity index is 1.39. The molecule has 0 saturated carbocycles. The molecule has 2 aromatic heterocycles. The molecule has 1 aromatic carbocycles. The third-order valence-electron chi connectivity index (χ3n) is 6.62. The minimum absolute atomic E-state index is 0.0377. The number of nitrogens with zero attached hydrogens (tertiary/aromatic N) is 3. The Kier molecular flexibility index (Phi) is 5.43. The van der Waals surface area contributed by atoms with Crippen molar-refractivity contribution >= 4 is 38.8 Å². The Labute approximate surface area is 195 Å². The molecule has 1 amide bonds. The standard InChI is InChI=1S/C24H25FN6OS/c1-12-2-4-16-21(28)22(33-24(16)29-12)23(32)30-14-3-5-15-17(8-14)19(25)9-20(18(15)10-26)31-7-6-13(27)11-31/h2,4,9,13-14H,3,5-8,11,27-28H2,1H3,(H,30,32). The molecule has 3 heterocycles. The van der Waals surface area contributed by atoms with Crippen LogP contribution in [0.25, 0.3) is 10.2 Å². The Hall–Kier alpha value is -3.22. The predicted molar refractivity (Wildman–Crippen MR) is 128 cm³/mol. The van der Waals surface area contributed by atoms with Crippen LogP contribution in [-0.4, -0.2) is 36.1 Å². The fourth-order valence-electron chi connectivity index (χ4n) is 4.91. The van der Waals surface area contributed by atoms with Crippen LogP contribution in [0.4, 0.5) is 15.8 Å². The van der Waals surface area contributed by atoms with Gasteiger partial charge in [-0.2, -0.15) is 5.26 Å². The Morgan fingerprint density at radius 1 is 1.36 bits per heavy atom. The van der Waals surface area contributed by atoms with Crippen LogP contribution in [0.15, 0.2) is 18.2 Å². The molecular formula is C24H25FN6OS. The summed E-state index contributed by atoms with van der Waals surface area (Å²) >= 11 is 1.26. The van der Waals surface area contributed by atoms with Gasteiger partial charge in [0.05, 0.1) is 16.9 Å². The second-order valence-electron chi connectivity index (χ2n) is 8.88. The van der Waals surface area contributed by atoms with E-state index in [1.165, 1.54) is 17.4 Å². The van der Waals surface area contributed by atoms with E-state index in [9.17, 15) is 10.1 Å². The normalized spacial score (nSPS) is 20.0. The van der Waals surface area contributed by atoms with Crippen LogP contribution in [0.5, 0.6) is 0 Å². The summed E-state index contributed by atoms with van der Waals surface area (Å²) in [6.07, 6.45) is 2.31. The number of hydrogen-bond donors (Lipinski definition) is 3. The lowest BCUT2D eigenvalue weighted by Crippen LogP contribution is -2.39. The number of rotatable bonds is 3. The van der Waals surface area contributed by atoms with Crippen molar-refractivity contribution in [3.8, 4) is 6.07 Å². The first-order valence-electron chi connectivity index (χ1n) is 11.1. The van der Waals surface area contributed by atoms with E-state index in [2.05, 4.69) is 16.4 Å². The van der Waals surface area contributed by atoms with Gasteiger partial charge in [-0.1, -0.05) is 0 Å². The minimum atomic E-state index is -0.334. The van der Waals surface area contributed by atoms with Crippen molar-refractivity contribution in [3.05, 3.63) is 51.3 Å². The lowest BCUT2D eigenvalue weighted by molar-refractivity contribution is 0.0938. The number of fused-ring (bicyclic) bond motifs is 2. The summed E-state index contributed by atoms with van der Waals surface area (Å²) in [5, 5.41) is 13.6. The molecule has 1 aliphatic heterocycles. The minimum Gasteiger partial charge on any atom is -0.397 e. The summed E-state index contributed by atoms with van der Waals surface area (Å²) in [4.78, 5) is 20.6. The largest absolute Gasteiger partial charge is 0.397 e. The average Bonchev–Trinajstić information content (AvgIpc) is 3.36. The van der Waals surface area contributed by atoms with Gasteiger partial charge in [0.2, 0.25) is 0 Å². The number of nitrogens with two attached hydrogens (primary N) is 2. The summed E-state index contributed by atoms with van der Waals surface area (Å²) in [6.45, 7) is 3.23. The molecule has 5 N–H and O–H groups in total. The van der Waals surface area contributed by atoms with Crippen LogP contribution >= 0.6 is 11.3 Å². The van der Waals surface area contributed by atoms with Gasteiger partial charge in [-0.15, -0.1) is 11.3 Å². The van der Waals surface area contributed by atoms with Crippen molar-refractivity contribution in [2.45, 2.75) is 44.7 Å². The smallest absolute Gasteiger partial charge is 0.263 e. The topological polar surface area (TPSA) is 121 Å². The maximum absolute atomic E-state index is 15.2. The molecule has 1 saturated heterocycles. The zero-order chi connectivity index (χ0) is 23.3. The van der Waals surface area contributed by atoms with Crippen LogP contribution in [0, 0.1) is 24.1 Å². The first-order chi connectivity index (χ1) is 15.9. The number of nitriles is 1. The summed E-state index contributed by atoms with van der Waals surface area (Å²) in [7, 11) is 0. The van der Waals surface area contributed by atoms with Gasteiger partial charge in [-0.25, -0.2) is 9.37 Å². The SMILES string of the molecule is Cc1ccc2c(N)c(C(=O)NC3CCc4c(C#N)c(N5CCC(N)C5)cc(F)c4C3)sc2n1. The number of carbonyl (C=O) groups is 1. The van der Waals surface area contributed by atoms with Crippen molar-refractivity contribution in [1.29, 1.82) is 5.26 Å². The third kappa shape index (κ3) is 3.79. The van der Waals surface area contributed by atoms with E-state index >= 15 is 4.39 Å². The maximum Gasteiger partial charge on any atom is 0.263 e. The first kappa shape index (κ1) is 21.6. The number of halogens is 1. The van der Waals surface area contributed by atoms with Crippen LogP contribution in [-0.2, 0) is 12.8 Å². The summed E-state index contributed by atoms with van der Waals surface area (Å²) in [6, 6.07) is 7.29. The number of anilines is 2. The molecule has 2 unspecified atom stereocenters. The number of pyridine rings is 1. The van der Waals surface area contributed by atoms with Gasteiger partial charge in [0, 0.05) is 36.3 Å². The van der Waals surface area contributed by atoms with Crippen LogP contribution in [0.1, 0.15) is 44.9 Å². The highest BCUT2D eigenvalue weighted by Gasteiger charge is 2.31. The van der Waals surface area contributed by atoms with Crippen LogP contribution in [0.3, 0.4) is 0 Å². The van der Waals surface area contributed by atoms with Gasteiger partial charge in [0.1, 0.15) is 21.6 Å². The van der Waals surface area contributed by atoms with Gasteiger partial charge < -0.3 is 21.7 Å². The quantitative estimate of drug-likeness (QED) is 0.548. The molecule has 33 heavy (non-hydrogen) atoms. The first-order valence-corrected chi connectivity index (χ1v) is 11.9. The van der Waals surface area contributed by atoms with Gasteiger partial charge >= 0.3 is 0 Å². The highest BCUT2D eigenvalue weighted by Crippen LogP contribution is 2.36. The number of nitrogen functional groups attached to an aromatic ring is 1. The molecule has 5 rings (SSSR count). The zero-order valence-corrected chi connectivity index (χ0v) is 19.1. The van der Waals surface area contributed by atoms with Crippen molar-refractivity contribution in [2.75, 3.05) is 23.7 Å². The summed E-state index contributed by atoms with van der Waals surface area (Å²) < 4.78 is 15.2. The summed E-state index contributed by atoms with van der Waals surface area (Å²) in [5.41, 5.74) is 15.9. The number of aryl methyl sites for hydroxylation is 1. The molecular weight excluding hydrogens is 439 g/mol. The molecule has 2 atom stereocenters. The lowest BCUT2D eigenvalue weighted by Gasteiger charge is -2.29. The molecule has 7 nitrogen and oxygen atoms in total. The van der Waals surface area contributed by atoms with E-state index in [1.807, 2.05) is 24.0 Å². The molecule has 1 fully saturated rings. The molecule has 170 valence electrons. The second kappa shape index (κ2) is 8.28. The summed E-state index contributed by atoms with van der Waals surface area (Å²) in [5.74, 6) is -0.607. The Bertz CT molecular complexity index is 1310. The van der Waals surface area contributed by atoms with Gasteiger partial charge in [0.25, 0.3) is 5.91 Å². The molecule has 0 bridgehead atoms. The predicted octanol–water partition coefficient (Wildman–Crippen LogP) is 3.02. The van der Waals surface area contributed by atoms with Gasteiger partial charge in [-0.3, -0.25) is 4.79 Å². The van der Waals surface area contributed by atoms with E-state index in [-0.39, 0.29) is 23.8 Å². The number of carbonyl (C=O) groups excluding carboxylic acids is 1. The van der Waals surface area contributed by atoms with Crippen molar-refractivity contribution in [3.63, 3.8) is 0 Å². The number of aromatic nitrogens is 1. The van der Waals surface area contributed by atoms with Crippen molar-refractivity contribution < 1.29 is 9.18 Å². The van der Waals surface area contributed by atoms with E-state index < -0.39 is 0 Å². The monoisotopic (exact) mass is 464 g/mol. The van der Waals surface area contributed by atoms with E-state index in [0.717, 1.165) is 34.4 Å². The number of thiophene rings is 1. The van der Waals surface area contributed by atoms with Crippen LogP contribution < -0.4 is 21.7 Å². The molecule has 0 spiro atoms. The maximum atomic E-state index is 15.2. The van der Waals surface area contributed by atoms with E-state index in [0.29, 0.717) is 53.2 Å². The third-order valence-corrected chi connectivity index (χ3v) is 7.73. The molecule has 9 heteroatoms. The average molecular weight is 465 g/mol. The van der Waals surface area contributed by atoms with E-state index in [4.69, 9.17) is 11.5 Å². The molecule has 0 radical (unpaired) electrons. The Morgan fingerprint density at radius 2 is 2.18 bits per heavy atom. The zero-order valence-electron chi connectivity index (χ0n) is 18.3. The van der Waals surface area contributed by atoms with Gasteiger partial charge in [-0.05, 0) is 61.9 Å². The van der Waals surface area contributed by atoms with Crippen molar-refractivity contribution in [2.24, 2.45) is 5.73 Å². The molecule has 3 aromatic rings. The fourth-order valence-corrected chi connectivity index (χ4v) is 5.95. The number of nitrogens with one attached hydrogen (secondary N) is 1. The van der Waals surface area contributed by atoms with E-state index in [1.54, 1.807) is 0 Å². The van der Waals surface area contributed by atoms with Crippen LogP contribution in [0.2, 0.25) is 0 Å². The Morgan fingerprint density at radius 3 is 2.91 bits per heavy atom. The lowest BCUT2D eigenvalue weighted by atomic mass is 9.84. The van der Waals surface area contributed by atoms with Crippen molar-refractivity contribution in [1.82, 2.24) is 10.3 Å². The fraction of sp³-hybridized carbons (Fsp3) is 0.375. The second-order valence-corrected chi connectivity index (χ2v) is 9.88. The number of benzene rings is 1.